The Bertz CT molecular complexity index is 1150. The van der Waals surface area contributed by atoms with E-state index in [4.69, 9.17) is 14.2 Å². The molecule has 0 aliphatic rings. The topological polar surface area (TPSA) is 104 Å². The molecule has 172 valence electrons. The van der Waals surface area contributed by atoms with Gasteiger partial charge < -0.3 is 19.5 Å². The lowest BCUT2D eigenvalue weighted by Crippen LogP contribution is -2.15. The molecule has 0 aliphatic heterocycles. The van der Waals surface area contributed by atoms with Crippen LogP contribution < -0.4 is 10.1 Å². The van der Waals surface area contributed by atoms with Crippen molar-refractivity contribution in [2.45, 2.75) is 13.3 Å². The predicted octanol–water partition coefficient (Wildman–Crippen LogP) is 4.48. The molecule has 3 rings (SSSR count). The number of nitrogens with one attached hydrogen (secondary N) is 1. The molecular weight excluding hydrogens is 512 g/mol. The van der Waals surface area contributed by atoms with Gasteiger partial charge in [0.2, 0.25) is 5.91 Å². The van der Waals surface area contributed by atoms with Gasteiger partial charge in [-0.05, 0) is 52.2 Å². The molecule has 2 aromatic heterocycles. The van der Waals surface area contributed by atoms with Crippen LogP contribution in [0.15, 0.2) is 53.3 Å². The maximum absolute atomic E-state index is 12.4. The number of thiophene rings is 1. The second kappa shape index (κ2) is 11.6. The van der Waals surface area contributed by atoms with Crippen molar-refractivity contribution in [3.8, 4) is 16.2 Å². The SMILES string of the molecule is CCOC(=O)COc1c(C(=O)OC)sc(-c2cccc(NC(=O)Cc3cccnc3)c2)c1Br. The molecule has 3 aromatic rings. The summed E-state index contributed by atoms with van der Waals surface area (Å²) in [6.45, 7) is 1.57. The van der Waals surface area contributed by atoms with Gasteiger partial charge in [-0.15, -0.1) is 11.3 Å². The molecule has 0 unspecified atom stereocenters. The Morgan fingerprint density at radius 1 is 1.18 bits per heavy atom. The van der Waals surface area contributed by atoms with Crippen molar-refractivity contribution in [1.82, 2.24) is 4.98 Å². The maximum Gasteiger partial charge on any atom is 0.351 e. The van der Waals surface area contributed by atoms with E-state index in [1.165, 1.54) is 7.11 Å². The van der Waals surface area contributed by atoms with E-state index in [9.17, 15) is 14.4 Å². The average Bonchev–Trinajstić information content (AvgIpc) is 3.14. The molecule has 0 radical (unpaired) electrons. The molecule has 0 fully saturated rings. The predicted molar refractivity (Wildman–Crippen MR) is 127 cm³/mol. The zero-order valence-electron chi connectivity index (χ0n) is 17.9. The number of benzene rings is 1. The number of anilines is 1. The average molecular weight is 533 g/mol. The molecule has 10 heteroatoms. The van der Waals surface area contributed by atoms with Gasteiger partial charge in [0.15, 0.2) is 17.2 Å². The molecule has 2 heterocycles. The quantitative estimate of drug-likeness (QED) is 0.405. The molecule has 1 aromatic carbocycles. The summed E-state index contributed by atoms with van der Waals surface area (Å²) >= 11 is 4.62. The number of aromatic nitrogens is 1. The highest BCUT2D eigenvalue weighted by molar-refractivity contribution is 9.10. The lowest BCUT2D eigenvalue weighted by Gasteiger charge is -2.08. The molecule has 0 spiro atoms. The molecular formula is C23H21BrN2O6S. The number of nitrogens with zero attached hydrogens (tertiary/aromatic N) is 1. The summed E-state index contributed by atoms with van der Waals surface area (Å²) in [4.78, 5) is 41.3. The summed E-state index contributed by atoms with van der Waals surface area (Å²) in [7, 11) is 1.27. The van der Waals surface area contributed by atoms with Gasteiger partial charge in [0.05, 0.1) is 29.5 Å². The maximum atomic E-state index is 12.4. The van der Waals surface area contributed by atoms with Gasteiger partial charge in [-0.2, -0.15) is 0 Å². The van der Waals surface area contributed by atoms with E-state index < -0.39 is 11.9 Å². The number of halogens is 1. The number of carbonyl (C=O) groups excluding carboxylic acids is 3. The molecule has 1 amide bonds. The first-order chi connectivity index (χ1) is 15.9. The van der Waals surface area contributed by atoms with Crippen molar-refractivity contribution < 1.29 is 28.6 Å². The van der Waals surface area contributed by atoms with Crippen LogP contribution in [0.1, 0.15) is 22.2 Å². The molecule has 33 heavy (non-hydrogen) atoms. The van der Waals surface area contributed by atoms with Crippen LogP contribution in [0.4, 0.5) is 5.69 Å². The molecule has 1 N–H and O–H groups in total. The van der Waals surface area contributed by atoms with Crippen LogP contribution in [-0.4, -0.2) is 43.2 Å². The summed E-state index contributed by atoms with van der Waals surface area (Å²) in [5, 5.41) is 2.87. The fourth-order valence-corrected chi connectivity index (χ4v) is 4.87. The van der Waals surface area contributed by atoms with Gasteiger partial charge in [0, 0.05) is 18.1 Å². The second-order valence-corrected chi connectivity index (χ2v) is 8.47. The van der Waals surface area contributed by atoms with Crippen LogP contribution in [0.25, 0.3) is 10.4 Å². The van der Waals surface area contributed by atoms with Crippen molar-refractivity contribution in [2.75, 3.05) is 25.6 Å². The van der Waals surface area contributed by atoms with E-state index in [2.05, 4.69) is 26.2 Å². The minimum Gasteiger partial charge on any atom is -0.479 e. The Hall–Kier alpha value is -3.24. The lowest BCUT2D eigenvalue weighted by atomic mass is 10.1. The highest BCUT2D eigenvalue weighted by atomic mass is 79.9. The Kier molecular flexibility index (Phi) is 8.56. The molecule has 0 saturated heterocycles. The zero-order valence-corrected chi connectivity index (χ0v) is 20.3. The van der Waals surface area contributed by atoms with Crippen LogP contribution in [0.2, 0.25) is 0 Å². The largest absolute Gasteiger partial charge is 0.479 e. The van der Waals surface area contributed by atoms with Crippen molar-refractivity contribution >= 4 is 50.8 Å². The van der Waals surface area contributed by atoms with Crippen LogP contribution in [0.3, 0.4) is 0 Å². The van der Waals surface area contributed by atoms with Gasteiger partial charge in [0.25, 0.3) is 0 Å². The highest BCUT2D eigenvalue weighted by Gasteiger charge is 2.25. The van der Waals surface area contributed by atoms with Crippen molar-refractivity contribution in [2.24, 2.45) is 0 Å². The summed E-state index contributed by atoms with van der Waals surface area (Å²) in [5.74, 6) is -1.13. The molecule has 8 nitrogen and oxygen atoms in total. The minimum absolute atomic E-state index is 0.181. The van der Waals surface area contributed by atoms with Crippen molar-refractivity contribution in [1.29, 1.82) is 0 Å². The van der Waals surface area contributed by atoms with Gasteiger partial charge in [-0.25, -0.2) is 9.59 Å². The third-order valence-electron chi connectivity index (χ3n) is 4.32. The van der Waals surface area contributed by atoms with E-state index in [1.807, 2.05) is 12.1 Å². The summed E-state index contributed by atoms with van der Waals surface area (Å²) < 4.78 is 15.8. The zero-order chi connectivity index (χ0) is 23.8. The highest BCUT2D eigenvalue weighted by Crippen LogP contribution is 2.46. The van der Waals surface area contributed by atoms with E-state index in [-0.39, 0.29) is 36.2 Å². The fraction of sp³-hybridized carbons (Fsp3) is 0.217. The Morgan fingerprint density at radius 3 is 2.70 bits per heavy atom. The number of carbonyl (C=O) groups is 3. The number of pyridine rings is 1. The smallest absolute Gasteiger partial charge is 0.351 e. The lowest BCUT2D eigenvalue weighted by molar-refractivity contribution is -0.145. The number of ether oxygens (including phenoxy) is 3. The number of hydrogen-bond acceptors (Lipinski definition) is 8. The normalized spacial score (nSPS) is 10.4. The van der Waals surface area contributed by atoms with Gasteiger partial charge in [-0.3, -0.25) is 9.78 Å². The standard InChI is InChI=1S/C23H21BrN2O6S/c1-3-31-18(28)13-32-20-19(24)21(33-22(20)23(29)30-2)15-7-4-8-16(11-15)26-17(27)10-14-6-5-9-25-12-14/h4-9,11-12H,3,10,13H2,1-2H3,(H,26,27). The summed E-state index contributed by atoms with van der Waals surface area (Å²) in [5.41, 5.74) is 2.13. The van der Waals surface area contributed by atoms with Crippen LogP contribution >= 0.6 is 27.3 Å². The van der Waals surface area contributed by atoms with E-state index >= 15 is 0 Å². The van der Waals surface area contributed by atoms with E-state index in [1.54, 1.807) is 43.6 Å². The van der Waals surface area contributed by atoms with E-state index in [0.29, 0.717) is 15.0 Å². The summed E-state index contributed by atoms with van der Waals surface area (Å²) in [6, 6.07) is 10.8. The Balaban J connectivity index is 1.84. The van der Waals surface area contributed by atoms with Gasteiger partial charge in [0.1, 0.15) is 0 Å². The first kappa shape index (κ1) is 24.4. The van der Waals surface area contributed by atoms with Gasteiger partial charge in [-0.1, -0.05) is 18.2 Å². The third-order valence-corrected chi connectivity index (χ3v) is 6.53. The number of esters is 2. The van der Waals surface area contributed by atoms with Crippen molar-refractivity contribution in [3.05, 3.63) is 63.7 Å². The summed E-state index contributed by atoms with van der Waals surface area (Å²) in [6.07, 6.45) is 3.49. The number of amides is 1. The fourth-order valence-electron chi connectivity index (χ4n) is 2.90. The third kappa shape index (κ3) is 6.39. The van der Waals surface area contributed by atoms with E-state index in [0.717, 1.165) is 22.5 Å². The first-order valence-corrected chi connectivity index (χ1v) is 11.5. The van der Waals surface area contributed by atoms with Crippen LogP contribution in [0, 0.1) is 0 Å². The molecule has 0 bridgehead atoms. The Labute approximate surface area is 203 Å². The first-order valence-electron chi connectivity index (χ1n) is 9.91. The monoisotopic (exact) mass is 532 g/mol. The minimum atomic E-state index is -0.591. The number of rotatable bonds is 9. The molecule has 0 atom stereocenters. The number of methoxy groups -OCH3 is 1. The molecule has 0 saturated carbocycles. The van der Waals surface area contributed by atoms with Crippen molar-refractivity contribution in [3.63, 3.8) is 0 Å². The van der Waals surface area contributed by atoms with Crippen LogP contribution in [-0.2, 0) is 25.5 Å². The molecule has 0 aliphatic carbocycles. The number of hydrogen-bond donors (Lipinski definition) is 1. The Morgan fingerprint density at radius 2 is 2.00 bits per heavy atom. The van der Waals surface area contributed by atoms with Crippen LogP contribution in [0.5, 0.6) is 5.75 Å². The van der Waals surface area contributed by atoms with Gasteiger partial charge >= 0.3 is 11.9 Å². The second-order valence-electron chi connectivity index (χ2n) is 6.66.